The van der Waals surface area contributed by atoms with Gasteiger partial charge < -0.3 is 14.7 Å². The number of likely N-dealkylation sites (N-methyl/N-ethyl adjacent to an activating group) is 1. The van der Waals surface area contributed by atoms with Crippen molar-refractivity contribution in [1.29, 1.82) is 0 Å². The highest BCUT2D eigenvalue weighted by atomic mass is 32.1. The largest absolute Gasteiger partial charge is 0.395 e. The van der Waals surface area contributed by atoms with E-state index in [1.54, 1.807) is 22.7 Å². The van der Waals surface area contributed by atoms with Gasteiger partial charge in [0.25, 0.3) is 0 Å². The first-order chi connectivity index (χ1) is 12.8. The molecule has 0 bridgehead atoms. The second-order valence-electron chi connectivity index (χ2n) is 6.30. The van der Waals surface area contributed by atoms with E-state index in [2.05, 4.69) is 27.8 Å². The molecule has 1 aliphatic rings. The number of hydrogen-bond acceptors (Lipinski definition) is 8. The van der Waals surface area contributed by atoms with Crippen LogP contribution in [0.4, 0.5) is 5.82 Å². The summed E-state index contributed by atoms with van der Waals surface area (Å²) in [4.78, 5) is 16.3. The molecule has 1 saturated heterocycles. The molecule has 6 nitrogen and oxygen atoms in total. The Labute approximate surface area is 160 Å². The van der Waals surface area contributed by atoms with Crippen LogP contribution in [0.1, 0.15) is 5.82 Å². The summed E-state index contributed by atoms with van der Waals surface area (Å²) < 4.78 is 5.43. The lowest BCUT2D eigenvalue weighted by Crippen LogP contribution is -2.36. The predicted molar refractivity (Wildman–Crippen MR) is 107 cm³/mol. The van der Waals surface area contributed by atoms with Crippen LogP contribution in [0, 0.1) is 0 Å². The van der Waals surface area contributed by atoms with E-state index in [1.165, 1.54) is 10.4 Å². The van der Waals surface area contributed by atoms with E-state index in [4.69, 9.17) is 14.7 Å². The summed E-state index contributed by atoms with van der Waals surface area (Å²) in [7, 11) is 1.98. The van der Waals surface area contributed by atoms with Gasteiger partial charge in [0.1, 0.15) is 16.5 Å². The van der Waals surface area contributed by atoms with Gasteiger partial charge in [0.15, 0.2) is 0 Å². The lowest BCUT2D eigenvalue weighted by atomic mass is 10.2. The Morgan fingerprint density at radius 1 is 1.27 bits per heavy atom. The van der Waals surface area contributed by atoms with E-state index in [0.717, 1.165) is 54.7 Å². The van der Waals surface area contributed by atoms with Gasteiger partial charge in [-0.2, -0.15) is 0 Å². The standard InChI is InChI=1S/C18H22N4O2S2/c1-21(4-7-23)17-16-13(14-3-2-10-25-14)12-26-18(16)20-15(19-17)11-22-5-8-24-9-6-22/h2-3,10,12,23H,4-9,11H2,1H3. The van der Waals surface area contributed by atoms with Crippen LogP contribution < -0.4 is 4.90 Å². The molecular formula is C18H22N4O2S2. The maximum atomic E-state index is 9.40. The number of morpholine rings is 1. The number of hydrogen-bond donors (Lipinski definition) is 1. The minimum absolute atomic E-state index is 0.0965. The van der Waals surface area contributed by atoms with Crippen LogP contribution in [0.2, 0.25) is 0 Å². The van der Waals surface area contributed by atoms with E-state index in [9.17, 15) is 5.11 Å². The summed E-state index contributed by atoms with van der Waals surface area (Å²) >= 11 is 3.38. The average Bonchev–Trinajstić information content (AvgIpc) is 3.31. The summed E-state index contributed by atoms with van der Waals surface area (Å²) in [5.41, 5.74) is 1.18. The molecule has 0 radical (unpaired) electrons. The van der Waals surface area contributed by atoms with Crippen molar-refractivity contribution in [1.82, 2.24) is 14.9 Å². The molecule has 8 heteroatoms. The van der Waals surface area contributed by atoms with Crippen molar-refractivity contribution in [2.75, 3.05) is 51.4 Å². The first kappa shape index (κ1) is 17.8. The van der Waals surface area contributed by atoms with Crippen molar-refractivity contribution in [2.45, 2.75) is 6.54 Å². The molecular weight excluding hydrogens is 368 g/mol. The molecule has 0 aromatic carbocycles. The molecule has 3 aromatic heterocycles. The number of fused-ring (bicyclic) bond motifs is 1. The molecule has 0 saturated carbocycles. The third-order valence-electron chi connectivity index (χ3n) is 4.51. The normalized spacial score (nSPS) is 15.6. The van der Waals surface area contributed by atoms with Gasteiger partial charge in [-0.3, -0.25) is 4.90 Å². The lowest BCUT2D eigenvalue weighted by Gasteiger charge is -2.26. The van der Waals surface area contributed by atoms with E-state index in [1.807, 2.05) is 11.9 Å². The van der Waals surface area contributed by atoms with E-state index in [0.29, 0.717) is 6.54 Å². The van der Waals surface area contributed by atoms with E-state index < -0.39 is 0 Å². The van der Waals surface area contributed by atoms with Gasteiger partial charge in [-0.15, -0.1) is 22.7 Å². The van der Waals surface area contributed by atoms with Crippen molar-refractivity contribution in [3.05, 3.63) is 28.7 Å². The smallest absolute Gasteiger partial charge is 0.146 e. The van der Waals surface area contributed by atoms with Crippen LogP contribution in [0.25, 0.3) is 20.7 Å². The lowest BCUT2D eigenvalue weighted by molar-refractivity contribution is 0.0331. The molecule has 1 fully saturated rings. The molecule has 3 aromatic rings. The van der Waals surface area contributed by atoms with Gasteiger partial charge in [-0.25, -0.2) is 9.97 Å². The molecule has 1 N–H and O–H groups in total. The number of nitrogens with zero attached hydrogens (tertiary/aromatic N) is 4. The average molecular weight is 391 g/mol. The third kappa shape index (κ3) is 3.60. The van der Waals surface area contributed by atoms with Crippen molar-refractivity contribution in [2.24, 2.45) is 0 Å². The second-order valence-corrected chi connectivity index (χ2v) is 8.11. The first-order valence-corrected chi connectivity index (χ1v) is 10.5. The van der Waals surface area contributed by atoms with Gasteiger partial charge in [0.2, 0.25) is 0 Å². The Hall–Kier alpha value is -1.58. The summed E-state index contributed by atoms with van der Waals surface area (Å²) in [5, 5.41) is 14.7. The summed E-state index contributed by atoms with van der Waals surface area (Å²) in [6, 6.07) is 4.19. The van der Waals surface area contributed by atoms with Crippen LogP contribution in [0.15, 0.2) is 22.9 Å². The number of rotatable bonds is 6. The Kier molecular flexibility index (Phi) is 5.46. The van der Waals surface area contributed by atoms with E-state index >= 15 is 0 Å². The summed E-state index contributed by atoms with van der Waals surface area (Å²) in [6.45, 7) is 4.72. The molecule has 1 aliphatic heterocycles. The molecule has 0 spiro atoms. The minimum atomic E-state index is 0.0965. The zero-order valence-corrected chi connectivity index (χ0v) is 16.4. The van der Waals surface area contributed by atoms with Gasteiger partial charge in [0, 0.05) is 42.5 Å². The number of aromatic nitrogens is 2. The van der Waals surface area contributed by atoms with Gasteiger partial charge in [-0.05, 0) is 11.4 Å². The van der Waals surface area contributed by atoms with Crippen LogP contribution in [-0.4, -0.2) is 66.5 Å². The quantitative estimate of drug-likeness (QED) is 0.698. The number of thiophene rings is 2. The highest BCUT2D eigenvalue weighted by molar-refractivity contribution is 7.18. The van der Waals surface area contributed by atoms with Gasteiger partial charge >= 0.3 is 0 Å². The fourth-order valence-corrected chi connectivity index (χ4v) is 4.92. The molecule has 0 amide bonds. The van der Waals surface area contributed by atoms with Crippen LogP contribution in [-0.2, 0) is 11.3 Å². The van der Waals surface area contributed by atoms with Gasteiger partial charge in [0.05, 0.1) is 31.8 Å². The second kappa shape index (κ2) is 7.98. The summed E-state index contributed by atoms with van der Waals surface area (Å²) in [5.74, 6) is 1.73. The zero-order chi connectivity index (χ0) is 17.9. The molecule has 0 unspecified atom stereocenters. The maximum Gasteiger partial charge on any atom is 0.146 e. The monoisotopic (exact) mass is 390 g/mol. The molecule has 0 aliphatic carbocycles. The molecule has 138 valence electrons. The summed E-state index contributed by atoms with van der Waals surface area (Å²) in [6.07, 6.45) is 0. The SMILES string of the molecule is CN(CCO)c1nc(CN2CCOCC2)nc2scc(-c3cccs3)c12. The molecule has 0 atom stereocenters. The predicted octanol–water partition coefficient (Wildman–Crippen LogP) is 2.68. The van der Waals surface area contributed by atoms with Gasteiger partial charge in [-0.1, -0.05) is 6.07 Å². The highest BCUT2D eigenvalue weighted by Crippen LogP contribution is 2.39. The maximum absolute atomic E-state index is 9.40. The van der Waals surface area contributed by atoms with Crippen molar-refractivity contribution < 1.29 is 9.84 Å². The zero-order valence-electron chi connectivity index (χ0n) is 14.7. The topological polar surface area (TPSA) is 61.7 Å². The Balaban J connectivity index is 1.76. The number of anilines is 1. The number of ether oxygens (including phenoxy) is 1. The number of aliphatic hydroxyl groups is 1. The first-order valence-electron chi connectivity index (χ1n) is 8.70. The van der Waals surface area contributed by atoms with Crippen molar-refractivity contribution in [3.63, 3.8) is 0 Å². The van der Waals surface area contributed by atoms with E-state index in [-0.39, 0.29) is 6.61 Å². The van der Waals surface area contributed by atoms with Crippen LogP contribution in [0.3, 0.4) is 0 Å². The fourth-order valence-electron chi connectivity index (χ4n) is 3.14. The van der Waals surface area contributed by atoms with Crippen LogP contribution >= 0.6 is 22.7 Å². The van der Waals surface area contributed by atoms with Crippen molar-refractivity contribution in [3.8, 4) is 10.4 Å². The Bertz CT molecular complexity index is 860. The molecule has 26 heavy (non-hydrogen) atoms. The number of aliphatic hydroxyl groups excluding tert-OH is 1. The molecule has 4 heterocycles. The van der Waals surface area contributed by atoms with Crippen LogP contribution in [0.5, 0.6) is 0 Å². The van der Waals surface area contributed by atoms with Crippen molar-refractivity contribution >= 4 is 38.7 Å². The highest BCUT2D eigenvalue weighted by Gasteiger charge is 2.20. The Morgan fingerprint density at radius 2 is 2.12 bits per heavy atom. The Morgan fingerprint density at radius 3 is 2.85 bits per heavy atom. The third-order valence-corrected chi connectivity index (χ3v) is 6.29. The molecule has 4 rings (SSSR count). The fraction of sp³-hybridized carbons (Fsp3) is 0.444. The minimum Gasteiger partial charge on any atom is -0.395 e.